The summed E-state index contributed by atoms with van der Waals surface area (Å²) in [7, 11) is 1.56. The number of thioether (sulfide) groups is 1. The Hall–Kier alpha value is -3.25. The van der Waals surface area contributed by atoms with E-state index in [-0.39, 0.29) is 17.6 Å². The van der Waals surface area contributed by atoms with E-state index in [2.05, 4.69) is 10.6 Å². The minimum atomic E-state index is -0.253. The van der Waals surface area contributed by atoms with Crippen molar-refractivity contribution in [3.63, 3.8) is 0 Å². The van der Waals surface area contributed by atoms with Crippen LogP contribution in [0, 0.1) is 6.92 Å². The predicted molar refractivity (Wildman–Crippen MR) is 118 cm³/mol. The Labute approximate surface area is 174 Å². The van der Waals surface area contributed by atoms with E-state index < -0.39 is 0 Å². The van der Waals surface area contributed by atoms with Gasteiger partial charge in [-0.05, 0) is 43.3 Å². The molecule has 0 aromatic heterocycles. The molecule has 29 heavy (non-hydrogen) atoms. The number of hydrogen-bond donors (Lipinski definition) is 2. The molecule has 0 aliphatic rings. The van der Waals surface area contributed by atoms with Gasteiger partial charge >= 0.3 is 0 Å². The van der Waals surface area contributed by atoms with Crippen molar-refractivity contribution in [3.8, 4) is 5.75 Å². The first-order chi connectivity index (χ1) is 14.1. The predicted octanol–water partition coefficient (Wildman–Crippen LogP) is 4.99. The average molecular weight is 407 g/mol. The molecule has 0 radical (unpaired) electrons. The molecule has 3 rings (SSSR count). The van der Waals surface area contributed by atoms with Crippen molar-refractivity contribution in [2.24, 2.45) is 0 Å². The van der Waals surface area contributed by atoms with Crippen molar-refractivity contribution in [2.45, 2.75) is 11.8 Å². The van der Waals surface area contributed by atoms with Crippen molar-refractivity contribution in [1.82, 2.24) is 0 Å². The Morgan fingerprint density at radius 3 is 2.34 bits per heavy atom. The molecule has 6 heteroatoms. The van der Waals surface area contributed by atoms with Crippen LogP contribution in [0.4, 0.5) is 11.4 Å². The largest absolute Gasteiger partial charge is 0.495 e. The van der Waals surface area contributed by atoms with Gasteiger partial charge in [-0.1, -0.05) is 42.0 Å². The number of carbonyl (C=O) groups excluding carboxylic acids is 2. The first kappa shape index (κ1) is 20.5. The molecule has 2 N–H and O–H groups in total. The summed E-state index contributed by atoms with van der Waals surface area (Å²) in [5, 5.41) is 5.74. The standard InChI is InChI=1S/C23H22N2O3S/c1-16-11-13-17(14-12-16)24-22(26)15-29-21-10-6-3-7-18(21)23(27)25-19-8-4-5-9-20(19)28-2/h3-14H,15H2,1-2H3,(H,24,26)(H,25,27). The van der Waals surface area contributed by atoms with Crippen LogP contribution in [0.5, 0.6) is 5.75 Å². The van der Waals surface area contributed by atoms with Gasteiger partial charge in [0, 0.05) is 10.6 Å². The molecule has 0 unspecified atom stereocenters. The highest BCUT2D eigenvalue weighted by Gasteiger charge is 2.14. The van der Waals surface area contributed by atoms with E-state index in [1.165, 1.54) is 11.8 Å². The molecule has 5 nitrogen and oxygen atoms in total. The fourth-order valence-corrected chi connectivity index (χ4v) is 3.54. The number of carbonyl (C=O) groups is 2. The van der Waals surface area contributed by atoms with Crippen LogP contribution in [-0.2, 0) is 4.79 Å². The Kier molecular flexibility index (Phi) is 6.92. The van der Waals surface area contributed by atoms with E-state index in [9.17, 15) is 9.59 Å². The fourth-order valence-electron chi connectivity index (χ4n) is 2.69. The topological polar surface area (TPSA) is 67.4 Å². The Morgan fingerprint density at radius 2 is 1.59 bits per heavy atom. The summed E-state index contributed by atoms with van der Waals surface area (Å²) in [6.07, 6.45) is 0. The minimum absolute atomic E-state index is 0.126. The Balaban J connectivity index is 1.66. The molecule has 3 aromatic rings. The lowest BCUT2D eigenvalue weighted by Crippen LogP contribution is -2.16. The first-order valence-electron chi connectivity index (χ1n) is 9.09. The maximum Gasteiger partial charge on any atom is 0.256 e. The van der Waals surface area contributed by atoms with Gasteiger partial charge in [-0.2, -0.15) is 0 Å². The average Bonchev–Trinajstić information content (AvgIpc) is 2.74. The van der Waals surface area contributed by atoms with Crippen LogP contribution in [0.25, 0.3) is 0 Å². The van der Waals surface area contributed by atoms with Crippen LogP contribution in [0.2, 0.25) is 0 Å². The van der Waals surface area contributed by atoms with E-state index >= 15 is 0 Å². The number of para-hydroxylation sites is 2. The zero-order valence-corrected chi connectivity index (χ0v) is 17.1. The summed E-state index contributed by atoms with van der Waals surface area (Å²) in [4.78, 5) is 25.8. The van der Waals surface area contributed by atoms with Crippen molar-refractivity contribution in [1.29, 1.82) is 0 Å². The molecule has 148 valence electrons. The van der Waals surface area contributed by atoms with Crippen LogP contribution in [0.3, 0.4) is 0 Å². The third-order valence-electron chi connectivity index (χ3n) is 4.18. The molecule has 0 saturated heterocycles. The third-order valence-corrected chi connectivity index (χ3v) is 5.25. The molecule has 0 fully saturated rings. The highest BCUT2D eigenvalue weighted by atomic mass is 32.2. The molecule has 0 saturated carbocycles. The van der Waals surface area contributed by atoms with Gasteiger partial charge in [0.2, 0.25) is 5.91 Å². The van der Waals surface area contributed by atoms with Gasteiger partial charge in [0.15, 0.2) is 0 Å². The number of nitrogens with one attached hydrogen (secondary N) is 2. The van der Waals surface area contributed by atoms with Gasteiger partial charge in [-0.15, -0.1) is 11.8 Å². The van der Waals surface area contributed by atoms with Gasteiger partial charge < -0.3 is 15.4 Å². The van der Waals surface area contributed by atoms with Gasteiger partial charge in [0.1, 0.15) is 5.75 Å². The molecule has 0 aliphatic heterocycles. The summed E-state index contributed by atoms with van der Waals surface area (Å²) in [5.74, 6) is 0.408. The Bertz CT molecular complexity index is 1000. The van der Waals surface area contributed by atoms with Crippen molar-refractivity contribution >= 4 is 35.0 Å². The molecule has 0 spiro atoms. The molecular formula is C23H22N2O3S. The number of anilines is 2. The molecular weight excluding hydrogens is 384 g/mol. The van der Waals surface area contributed by atoms with Crippen LogP contribution < -0.4 is 15.4 Å². The number of hydrogen-bond acceptors (Lipinski definition) is 4. The molecule has 3 aromatic carbocycles. The second-order valence-corrected chi connectivity index (χ2v) is 7.37. The quantitative estimate of drug-likeness (QED) is 0.543. The monoisotopic (exact) mass is 406 g/mol. The second-order valence-electron chi connectivity index (χ2n) is 6.35. The number of aryl methyl sites for hydroxylation is 1. The van der Waals surface area contributed by atoms with Crippen molar-refractivity contribution < 1.29 is 14.3 Å². The number of ether oxygens (including phenoxy) is 1. The van der Waals surface area contributed by atoms with Crippen LogP contribution in [0.15, 0.2) is 77.7 Å². The lowest BCUT2D eigenvalue weighted by Gasteiger charge is -2.12. The van der Waals surface area contributed by atoms with Gasteiger partial charge in [0.25, 0.3) is 5.91 Å². The van der Waals surface area contributed by atoms with Gasteiger partial charge in [-0.25, -0.2) is 0 Å². The zero-order chi connectivity index (χ0) is 20.6. The van der Waals surface area contributed by atoms with Crippen LogP contribution >= 0.6 is 11.8 Å². The highest BCUT2D eigenvalue weighted by molar-refractivity contribution is 8.00. The van der Waals surface area contributed by atoms with E-state index in [0.29, 0.717) is 17.0 Å². The van der Waals surface area contributed by atoms with Gasteiger partial charge in [-0.3, -0.25) is 9.59 Å². The highest BCUT2D eigenvalue weighted by Crippen LogP contribution is 2.27. The zero-order valence-electron chi connectivity index (χ0n) is 16.3. The van der Waals surface area contributed by atoms with Crippen molar-refractivity contribution in [3.05, 3.63) is 83.9 Å². The molecule has 0 bridgehead atoms. The number of benzene rings is 3. The van der Waals surface area contributed by atoms with E-state index in [1.54, 1.807) is 31.4 Å². The minimum Gasteiger partial charge on any atom is -0.495 e. The number of rotatable bonds is 7. The van der Waals surface area contributed by atoms with E-state index in [4.69, 9.17) is 4.74 Å². The van der Waals surface area contributed by atoms with E-state index in [0.717, 1.165) is 16.1 Å². The fraction of sp³-hybridized carbons (Fsp3) is 0.130. The maximum atomic E-state index is 12.8. The second kappa shape index (κ2) is 9.80. The molecule has 0 atom stereocenters. The van der Waals surface area contributed by atoms with E-state index in [1.807, 2.05) is 55.5 Å². The third kappa shape index (κ3) is 5.62. The van der Waals surface area contributed by atoms with Crippen molar-refractivity contribution in [2.75, 3.05) is 23.5 Å². The lowest BCUT2D eigenvalue weighted by atomic mass is 10.2. The van der Waals surface area contributed by atoms with Crippen LogP contribution in [0.1, 0.15) is 15.9 Å². The maximum absolute atomic E-state index is 12.8. The molecule has 0 aliphatic carbocycles. The summed E-state index contributed by atoms with van der Waals surface area (Å²) < 4.78 is 5.28. The molecule has 2 amide bonds. The molecule has 0 heterocycles. The SMILES string of the molecule is COc1ccccc1NC(=O)c1ccccc1SCC(=O)Nc1ccc(C)cc1. The first-order valence-corrected chi connectivity index (χ1v) is 10.1. The Morgan fingerprint density at radius 1 is 0.897 bits per heavy atom. The normalized spacial score (nSPS) is 10.3. The van der Waals surface area contributed by atoms with Gasteiger partial charge in [0.05, 0.1) is 24.1 Å². The summed E-state index contributed by atoms with van der Waals surface area (Å²) >= 11 is 1.32. The number of methoxy groups -OCH3 is 1. The lowest BCUT2D eigenvalue weighted by molar-refractivity contribution is -0.113. The smallest absolute Gasteiger partial charge is 0.256 e. The number of amides is 2. The summed E-state index contributed by atoms with van der Waals surface area (Å²) in [6.45, 7) is 1.99. The summed E-state index contributed by atoms with van der Waals surface area (Å²) in [5.41, 5.74) is 2.99. The van der Waals surface area contributed by atoms with Crippen LogP contribution in [-0.4, -0.2) is 24.7 Å². The summed E-state index contributed by atoms with van der Waals surface area (Å²) in [6, 6.07) is 22.1.